The van der Waals surface area contributed by atoms with E-state index in [4.69, 9.17) is 4.42 Å². The summed E-state index contributed by atoms with van der Waals surface area (Å²) in [5.41, 5.74) is 2.83. The van der Waals surface area contributed by atoms with Gasteiger partial charge < -0.3 is 15.1 Å². The maximum atomic E-state index is 5.54. The molecule has 3 aromatic rings. The number of nitrogens with one attached hydrogen (secondary N) is 2. The SMILES string of the molecule is CCNC(=NCc1coc(-c2ccccc2)n1)NCc1ccnn1C.I. The van der Waals surface area contributed by atoms with Crippen molar-refractivity contribution in [2.24, 2.45) is 12.0 Å². The zero-order valence-electron chi connectivity index (χ0n) is 14.8. The Balaban J connectivity index is 0.00000243. The molecule has 8 heteroatoms. The number of guanidine groups is 1. The molecule has 0 saturated carbocycles. The molecule has 0 bridgehead atoms. The van der Waals surface area contributed by atoms with E-state index in [1.54, 1.807) is 12.5 Å². The molecule has 0 fully saturated rings. The van der Waals surface area contributed by atoms with Gasteiger partial charge in [0.2, 0.25) is 5.89 Å². The number of oxazole rings is 1. The van der Waals surface area contributed by atoms with E-state index in [1.807, 2.05) is 55.1 Å². The first-order chi connectivity index (χ1) is 12.3. The molecule has 7 nitrogen and oxygen atoms in total. The molecule has 0 amide bonds. The van der Waals surface area contributed by atoms with Crippen molar-refractivity contribution in [1.29, 1.82) is 0 Å². The van der Waals surface area contributed by atoms with Crippen LogP contribution in [0.3, 0.4) is 0 Å². The summed E-state index contributed by atoms with van der Waals surface area (Å²) in [5.74, 6) is 1.34. The van der Waals surface area contributed by atoms with E-state index in [0.717, 1.165) is 29.5 Å². The van der Waals surface area contributed by atoms with Crippen molar-refractivity contribution in [2.75, 3.05) is 6.54 Å². The Hall–Kier alpha value is -2.36. The van der Waals surface area contributed by atoms with E-state index < -0.39 is 0 Å². The molecule has 3 rings (SSSR count). The molecule has 0 saturated heterocycles. The maximum absolute atomic E-state index is 5.54. The second-order valence-corrected chi connectivity index (χ2v) is 5.50. The van der Waals surface area contributed by atoms with Crippen LogP contribution in [-0.4, -0.2) is 27.3 Å². The molecule has 0 aliphatic rings. The quantitative estimate of drug-likeness (QED) is 0.332. The molecular weight excluding hydrogens is 443 g/mol. The summed E-state index contributed by atoms with van der Waals surface area (Å²) in [6, 6.07) is 11.8. The number of nitrogens with zero attached hydrogens (tertiary/aromatic N) is 4. The van der Waals surface area contributed by atoms with Crippen molar-refractivity contribution < 1.29 is 4.42 Å². The predicted molar refractivity (Wildman–Crippen MR) is 112 cm³/mol. The van der Waals surface area contributed by atoms with Gasteiger partial charge >= 0.3 is 0 Å². The van der Waals surface area contributed by atoms with Gasteiger partial charge in [-0.2, -0.15) is 5.10 Å². The minimum absolute atomic E-state index is 0. The third-order valence-electron chi connectivity index (χ3n) is 3.68. The number of aliphatic imine (C=N–C) groups is 1. The summed E-state index contributed by atoms with van der Waals surface area (Å²) in [5, 5.41) is 10.7. The Morgan fingerprint density at radius 3 is 2.69 bits per heavy atom. The first-order valence-corrected chi connectivity index (χ1v) is 8.25. The van der Waals surface area contributed by atoms with Gasteiger partial charge in [0, 0.05) is 25.4 Å². The van der Waals surface area contributed by atoms with Gasteiger partial charge in [-0.15, -0.1) is 24.0 Å². The Kier molecular flexibility index (Phi) is 7.64. The average molecular weight is 466 g/mol. The Labute approximate surface area is 169 Å². The smallest absolute Gasteiger partial charge is 0.226 e. The molecule has 0 aliphatic heterocycles. The molecular formula is C18H23IN6O. The van der Waals surface area contributed by atoms with Crippen molar-refractivity contribution in [1.82, 2.24) is 25.4 Å². The van der Waals surface area contributed by atoms with Crippen LogP contribution in [-0.2, 0) is 20.1 Å². The number of benzene rings is 1. The number of hydrogen-bond acceptors (Lipinski definition) is 4. The van der Waals surface area contributed by atoms with Crippen LogP contribution in [0, 0.1) is 0 Å². The van der Waals surface area contributed by atoms with Crippen molar-refractivity contribution in [3.63, 3.8) is 0 Å². The van der Waals surface area contributed by atoms with Gasteiger partial charge in [0.25, 0.3) is 0 Å². The van der Waals surface area contributed by atoms with Crippen LogP contribution in [0.1, 0.15) is 18.3 Å². The fourth-order valence-electron chi connectivity index (χ4n) is 2.34. The van der Waals surface area contributed by atoms with Crippen molar-refractivity contribution in [2.45, 2.75) is 20.0 Å². The Morgan fingerprint density at radius 2 is 2.00 bits per heavy atom. The minimum Gasteiger partial charge on any atom is -0.444 e. The molecule has 2 N–H and O–H groups in total. The van der Waals surface area contributed by atoms with Gasteiger partial charge in [-0.05, 0) is 25.1 Å². The van der Waals surface area contributed by atoms with Crippen molar-refractivity contribution in [3.05, 3.63) is 60.2 Å². The molecule has 0 radical (unpaired) electrons. The molecule has 0 atom stereocenters. The van der Waals surface area contributed by atoms with Crippen LogP contribution >= 0.6 is 24.0 Å². The van der Waals surface area contributed by atoms with Crippen molar-refractivity contribution >= 4 is 29.9 Å². The van der Waals surface area contributed by atoms with E-state index >= 15 is 0 Å². The van der Waals surface area contributed by atoms with E-state index in [1.165, 1.54) is 0 Å². The van der Waals surface area contributed by atoms with Gasteiger partial charge in [0.05, 0.1) is 18.8 Å². The number of rotatable bonds is 6. The third-order valence-corrected chi connectivity index (χ3v) is 3.68. The van der Waals surface area contributed by atoms with Crippen LogP contribution < -0.4 is 10.6 Å². The monoisotopic (exact) mass is 466 g/mol. The Morgan fingerprint density at radius 1 is 1.19 bits per heavy atom. The molecule has 2 aromatic heterocycles. The van der Waals surface area contributed by atoms with Gasteiger partial charge in [0.1, 0.15) is 12.0 Å². The average Bonchev–Trinajstić information content (AvgIpc) is 3.27. The largest absolute Gasteiger partial charge is 0.444 e. The first kappa shape index (κ1) is 20.0. The molecule has 0 aliphatic carbocycles. The summed E-state index contributed by atoms with van der Waals surface area (Å²) < 4.78 is 7.38. The lowest BCUT2D eigenvalue weighted by molar-refractivity contribution is 0.572. The molecule has 26 heavy (non-hydrogen) atoms. The normalized spacial score (nSPS) is 11.1. The second-order valence-electron chi connectivity index (χ2n) is 5.50. The number of hydrogen-bond donors (Lipinski definition) is 2. The molecule has 0 unspecified atom stereocenters. The second kappa shape index (κ2) is 9.95. The molecule has 1 aromatic carbocycles. The summed E-state index contributed by atoms with van der Waals surface area (Å²) in [6.45, 7) is 3.91. The number of halogens is 1. The highest BCUT2D eigenvalue weighted by Crippen LogP contribution is 2.18. The lowest BCUT2D eigenvalue weighted by Gasteiger charge is -2.10. The fraction of sp³-hybridized carbons (Fsp3) is 0.278. The molecule has 2 heterocycles. The van der Waals surface area contributed by atoms with E-state index in [0.29, 0.717) is 19.0 Å². The predicted octanol–water partition coefficient (Wildman–Crippen LogP) is 2.95. The number of aryl methyl sites for hydroxylation is 1. The van der Waals surface area contributed by atoms with Crippen LogP contribution in [0.5, 0.6) is 0 Å². The van der Waals surface area contributed by atoms with E-state index in [9.17, 15) is 0 Å². The maximum Gasteiger partial charge on any atom is 0.226 e. The zero-order chi connectivity index (χ0) is 17.5. The van der Waals surface area contributed by atoms with Crippen LogP contribution in [0.2, 0.25) is 0 Å². The Bertz CT molecular complexity index is 827. The third kappa shape index (κ3) is 5.32. The van der Waals surface area contributed by atoms with Gasteiger partial charge in [0.15, 0.2) is 5.96 Å². The summed E-state index contributed by atoms with van der Waals surface area (Å²) in [4.78, 5) is 9.06. The van der Waals surface area contributed by atoms with Crippen LogP contribution in [0.4, 0.5) is 0 Å². The highest BCUT2D eigenvalue weighted by molar-refractivity contribution is 14.0. The van der Waals surface area contributed by atoms with Crippen LogP contribution in [0.15, 0.2) is 58.3 Å². The zero-order valence-corrected chi connectivity index (χ0v) is 17.2. The van der Waals surface area contributed by atoms with Gasteiger partial charge in [-0.25, -0.2) is 9.98 Å². The standard InChI is InChI=1S/C18H22N6O.HI/c1-3-19-18(21-12-16-9-10-22-24(16)2)20-11-15-13-25-17(23-15)14-7-5-4-6-8-14;/h4-10,13H,3,11-12H2,1-2H3,(H2,19,20,21);1H. The molecule has 138 valence electrons. The van der Waals surface area contributed by atoms with Gasteiger partial charge in [-0.3, -0.25) is 4.68 Å². The summed E-state index contributed by atoms with van der Waals surface area (Å²) in [6.07, 6.45) is 3.43. The van der Waals surface area contributed by atoms with E-state index in [2.05, 4.69) is 25.7 Å². The first-order valence-electron chi connectivity index (χ1n) is 8.25. The summed E-state index contributed by atoms with van der Waals surface area (Å²) in [7, 11) is 1.92. The van der Waals surface area contributed by atoms with E-state index in [-0.39, 0.29) is 24.0 Å². The topological polar surface area (TPSA) is 80.3 Å². The summed E-state index contributed by atoms with van der Waals surface area (Å²) >= 11 is 0. The highest BCUT2D eigenvalue weighted by atomic mass is 127. The lowest BCUT2D eigenvalue weighted by Crippen LogP contribution is -2.37. The highest BCUT2D eigenvalue weighted by Gasteiger charge is 2.06. The number of aromatic nitrogens is 3. The molecule has 0 spiro atoms. The fourth-order valence-corrected chi connectivity index (χ4v) is 2.34. The lowest BCUT2D eigenvalue weighted by atomic mass is 10.2. The van der Waals surface area contributed by atoms with Crippen LogP contribution in [0.25, 0.3) is 11.5 Å². The van der Waals surface area contributed by atoms with Gasteiger partial charge in [-0.1, -0.05) is 18.2 Å². The minimum atomic E-state index is 0. The van der Waals surface area contributed by atoms with Crippen molar-refractivity contribution in [3.8, 4) is 11.5 Å².